The summed E-state index contributed by atoms with van der Waals surface area (Å²) in [5.74, 6) is 0. The molecule has 5 heteroatoms. The topological polar surface area (TPSA) is 18.5 Å². The number of hydrogen-bond acceptors (Lipinski definition) is 2. The molecule has 16 heavy (non-hydrogen) atoms. The molecule has 1 aliphatic rings. The van der Waals surface area contributed by atoms with Crippen LogP contribution in [0.25, 0.3) is 0 Å². The molecule has 0 saturated carbocycles. The molecule has 0 aromatic carbocycles. The first-order chi connectivity index (χ1) is 7.58. The van der Waals surface area contributed by atoms with E-state index in [1.165, 1.54) is 0 Å². The van der Waals surface area contributed by atoms with E-state index in [9.17, 15) is 13.2 Å². The van der Waals surface area contributed by atoms with E-state index in [-0.39, 0.29) is 12.5 Å². The van der Waals surface area contributed by atoms with Crippen molar-refractivity contribution in [3.63, 3.8) is 0 Å². The zero-order chi connectivity index (χ0) is 11.9. The lowest BCUT2D eigenvalue weighted by molar-refractivity contribution is -0.135. The summed E-state index contributed by atoms with van der Waals surface area (Å²) in [5.41, 5.74) is 0. The minimum absolute atomic E-state index is 0.201. The zero-order valence-corrected chi connectivity index (χ0v) is 9.39. The number of hydrogen-bond donors (Lipinski definition) is 0. The molecular formula is C11H19F3O2. The highest BCUT2D eigenvalue weighted by Crippen LogP contribution is 2.22. The third kappa shape index (κ3) is 7.06. The van der Waals surface area contributed by atoms with Gasteiger partial charge in [-0.25, -0.2) is 0 Å². The molecule has 96 valence electrons. The lowest BCUT2D eigenvalue weighted by Gasteiger charge is -2.10. The summed E-state index contributed by atoms with van der Waals surface area (Å²) in [4.78, 5) is 0. The third-order valence-electron chi connectivity index (χ3n) is 2.58. The molecule has 0 spiro atoms. The third-order valence-corrected chi connectivity index (χ3v) is 2.58. The van der Waals surface area contributed by atoms with Crippen LogP contribution in [0.4, 0.5) is 13.2 Å². The van der Waals surface area contributed by atoms with E-state index in [2.05, 4.69) is 0 Å². The Morgan fingerprint density at radius 2 is 2.00 bits per heavy atom. The molecule has 0 radical (unpaired) electrons. The number of rotatable bonds is 7. The van der Waals surface area contributed by atoms with Gasteiger partial charge >= 0.3 is 6.18 Å². The largest absolute Gasteiger partial charge is 0.389 e. The summed E-state index contributed by atoms with van der Waals surface area (Å²) < 4.78 is 46.1. The van der Waals surface area contributed by atoms with Gasteiger partial charge in [-0.05, 0) is 25.7 Å². The van der Waals surface area contributed by atoms with E-state index in [0.717, 1.165) is 19.4 Å². The second-order valence-corrected chi connectivity index (χ2v) is 4.14. The average Bonchev–Trinajstić information content (AvgIpc) is 2.67. The first-order valence-corrected chi connectivity index (χ1v) is 5.84. The molecule has 1 rings (SSSR count). The van der Waals surface area contributed by atoms with Crippen LogP contribution < -0.4 is 0 Å². The summed E-state index contributed by atoms with van der Waals surface area (Å²) in [6.45, 7) is 1.93. The van der Waals surface area contributed by atoms with Crippen molar-refractivity contribution in [3.8, 4) is 0 Å². The van der Waals surface area contributed by atoms with Gasteiger partial charge in [0.2, 0.25) is 0 Å². The van der Waals surface area contributed by atoms with Gasteiger partial charge in [0, 0.05) is 19.6 Å². The summed E-state index contributed by atoms with van der Waals surface area (Å²) in [6, 6.07) is 0. The van der Waals surface area contributed by atoms with Crippen LogP contribution >= 0.6 is 0 Å². The monoisotopic (exact) mass is 240 g/mol. The number of unbranched alkanes of at least 4 members (excludes halogenated alkanes) is 2. The van der Waals surface area contributed by atoms with Gasteiger partial charge in [-0.15, -0.1) is 0 Å². The van der Waals surface area contributed by atoms with Crippen molar-refractivity contribution in [2.75, 3.05) is 19.8 Å². The second kappa shape index (κ2) is 7.12. The van der Waals surface area contributed by atoms with Crippen molar-refractivity contribution < 1.29 is 22.6 Å². The highest BCUT2D eigenvalue weighted by molar-refractivity contribution is 4.63. The Morgan fingerprint density at radius 3 is 2.62 bits per heavy atom. The minimum Gasteiger partial charge on any atom is -0.379 e. The maximum Gasteiger partial charge on any atom is 0.389 e. The van der Waals surface area contributed by atoms with E-state index in [4.69, 9.17) is 9.47 Å². The van der Waals surface area contributed by atoms with Gasteiger partial charge in [0.25, 0.3) is 0 Å². The Kier molecular flexibility index (Phi) is 6.13. The number of ether oxygens (including phenoxy) is 2. The van der Waals surface area contributed by atoms with Crippen LogP contribution in [0.2, 0.25) is 0 Å². The van der Waals surface area contributed by atoms with Crippen LogP contribution in [0.5, 0.6) is 0 Å². The fourth-order valence-corrected chi connectivity index (χ4v) is 1.70. The Labute approximate surface area is 94.1 Å². The molecular weight excluding hydrogens is 221 g/mol. The summed E-state index contributed by atoms with van der Waals surface area (Å²) >= 11 is 0. The highest BCUT2D eigenvalue weighted by Gasteiger charge is 2.25. The van der Waals surface area contributed by atoms with Crippen LogP contribution in [-0.2, 0) is 9.47 Å². The Morgan fingerprint density at radius 1 is 1.19 bits per heavy atom. The molecule has 0 aromatic heterocycles. The number of halogens is 3. The normalized spacial score (nSPS) is 21.6. The lowest BCUT2D eigenvalue weighted by Crippen LogP contribution is -2.14. The van der Waals surface area contributed by atoms with Gasteiger partial charge in [0.05, 0.1) is 12.7 Å². The smallest absolute Gasteiger partial charge is 0.379 e. The van der Waals surface area contributed by atoms with Gasteiger partial charge in [0.15, 0.2) is 0 Å². The summed E-state index contributed by atoms with van der Waals surface area (Å²) in [5, 5.41) is 0. The van der Waals surface area contributed by atoms with Gasteiger partial charge in [-0.3, -0.25) is 0 Å². The molecule has 1 heterocycles. The molecule has 1 unspecified atom stereocenters. The Hall–Kier alpha value is -0.290. The molecule has 0 aromatic rings. The van der Waals surface area contributed by atoms with Gasteiger partial charge in [-0.2, -0.15) is 13.2 Å². The molecule has 1 saturated heterocycles. The first-order valence-electron chi connectivity index (χ1n) is 5.84. The van der Waals surface area contributed by atoms with Crippen molar-refractivity contribution in [2.45, 2.75) is 50.8 Å². The van der Waals surface area contributed by atoms with Crippen LogP contribution in [0.15, 0.2) is 0 Å². The molecule has 0 bridgehead atoms. The molecule has 1 atom stereocenters. The summed E-state index contributed by atoms with van der Waals surface area (Å²) in [7, 11) is 0. The van der Waals surface area contributed by atoms with E-state index in [1.807, 2.05) is 0 Å². The maximum absolute atomic E-state index is 11.8. The van der Waals surface area contributed by atoms with E-state index < -0.39 is 12.6 Å². The molecule has 1 fully saturated rings. The van der Waals surface area contributed by atoms with E-state index >= 15 is 0 Å². The van der Waals surface area contributed by atoms with Crippen LogP contribution in [0.3, 0.4) is 0 Å². The van der Waals surface area contributed by atoms with Crippen LogP contribution in [-0.4, -0.2) is 32.1 Å². The van der Waals surface area contributed by atoms with Crippen LogP contribution in [0.1, 0.15) is 38.5 Å². The van der Waals surface area contributed by atoms with Gasteiger partial charge < -0.3 is 9.47 Å². The van der Waals surface area contributed by atoms with Gasteiger partial charge in [-0.1, -0.05) is 6.42 Å². The fourth-order valence-electron chi connectivity index (χ4n) is 1.70. The van der Waals surface area contributed by atoms with Crippen molar-refractivity contribution in [3.05, 3.63) is 0 Å². The highest BCUT2D eigenvalue weighted by atomic mass is 19.4. The average molecular weight is 240 g/mol. The molecule has 1 aliphatic heterocycles. The first kappa shape index (κ1) is 13.8. The molecule has 0 N–H and O–H groups in total. The Balaban J connectivity index is 1.81. The van der Waals surface area contributed by atoms with E-state index in [1.54, 1.807) is 0 Å². The standard InChI is InChI=1S/C11H19F3O2/c12-11(13,14)6-2-1-3-7-15-9-10-5-4-8-16-10/h10H,1-9H2. The van der Waals surface area contributed by atoms with Crippen LogP contribution in [0, 0.1) is 0 Å². The van der Waals surface area contributed by atoms with E-state index in [0.29, 0.717) is 26.1 Å². The quantitative estimate of drug-likeness (QED) is 0.636. The van der Waals surface area contributed by atoms with Crippen molar-refractivity contribution >= 4 is 0 Å². The van der Waals surface area contributed by atoms with Crippen molar-refractivity contribution in [2.24, 2.45) is 0 Å². The predicted molar refractivity (Wildman–Crippen MR) is 54.3 cm³/mol. The molecule has 2 nitrogen and oxygen atoms in total. The molecule has 0 amide bonds. The lowest BCUT2D eigenvalue weighted by atomic mass is 10.2. The number of alkyl halides is 3. The van der Waals surface area contributed by atoms with Crippen molar-refractivity contribution in [1.82, 2.24) is 0 Å². The SMILES string of the molecule is FC(F)(F)CCCCCOCC1CCCO1. The van der Waals surface area contributed by atoms with Gasteiger partial charge in [0.1, 0.15) is 0 Å². The Bertz CT molecular complexity index is 177. The minimum atomic E-state index is -4.02. The predicted octanol–water partition coefficient (Wildman–Crippen LogP) is 3.30. The zero-order valence-electron chi connectivity index (χ0n) is 9.39. The maximum atomic E-state index is 11.8. The fraction of sp³-hybridized carbons (Fsp3) is 1.00. The molecule has 0 aliphatic carbocycles. The van der Waals surface area contributed by atoms with Crippen molar-refractivity contribution in [1.29, 1.82) is 0 Å². The summed E-state index contributed by atoms with van der Waals surface area (Å²) in [6.07, 6.45) is -0.902. The second-order valence-electron chi connectivity index (χ2n) is 4.14.